The van der Waals surface area contributed by atoms with Gasteiger partial charge in [0.2, 0.25) is 5.91 Å². The van der Waals surface area contributed by atoms with E-state index in [4.69, 9.17) is 9.47 Å². The Kier molecular flexibility index (Phi) is 4.86. The van der Waals surface area contributed by atoms with Crippen molar-refractivity contribution in [1.82, 2.24) is 9.88 Å². The van der Waals surface area contributed by atoms with Crippen molar-refractivity contribution in [2.75, 3.05) is 26.3 Å². The van der Waals surface area contributed by atoms with Gasteiger partial charge in [-0.3, -0.25) is 9.78 Å². The smallest absolute Gasteiger partial charge is 0.249 e. The molecule has 0 aromatic carbocycles. The Bertz CT molecular complexity index is 638. The standard InChI is InChI=1S/C20H26N2O3/c23-19(17-4-2-1-3-5-17)22-14-20(15-22)18(8-11-25-20)13-24-12-16-6-9-21-10-7-16/h4,6-7,9-10,18H,1-3,5,8,11-15H2. The molecule has 2 fully saturated rings. The maximum atomic E-state index is 12.6. The first kappa shape index (κ1) is 16.7. The second-order valence-corrected chi connectivity index (χ2v) is 7.41. The summed E-state index contributed by atoms with van der Waals surface area (Å²) >= 11 is 0. The van der Waals surface area contributed by atoms with Gasteiger partial charge in [-0.2, -0.15) is 0 Å². The third-order valence-electron chi connectivity index (χ3n) is 5.71. The molecule has 0 bridgehead atoms. The highest BCUT2D eigenvalue weighted by molar-refractivity contribution is 5.94. The molecule has 25 heavy (non-hydrogen) atoms. The van der Waals surface area contributed by atoms with Crippen LogP contribution in [0, 0.1) is 5.92 Å². The van der Waals surface area contributed by atoms with Crippen LogP contribution >= 0.6 is 0 Å². The van der Waals surface area contributed by atoms with Crippen molar-refractivity contribution in [2.45, 2.75) is 44.3 Å². The van der Waals surface area contributed by atoms with Gasteiger partial charge in [-0.05, 0) is 49.8 Å². The monoisotopic (exact) mass is 342 g/mol. The summed E-state index contributed by atoms with van der Waals surface area (Å²) in [5.74, 6) is 0.594. The van der Waals surface area contributed by atoms with Gasteiger partial charge in [-0.15, -0.1) is 0 Å². The minimum Gasteiger partial charge on any atom is -0.376 e. The highest BCUT2D eigenvalue weighted by atomic mass is 16.5. The second kappa shape index (κ2) is 7.26. The summed E-state index contributed by atoms with van der Waals surface area (Å²) in [6, 6.07) is 3.95. The van der Waals surface area contributed by atoms with Crippen molar-refractivity contribution >= 4 is 5.91 Å². The van der Waals surface area contributed by atoms with E-state index in [9.17, 15) is 4.79 Å². The van der Waals surface area contributed by atoms with Crippen molar-refractivity contribution in [2.24, 2.45) is 5.92 Å². The second-order valence-electron chi connectivity index (χ2n) is 7.41. The largest absolute Gasteiger partial charge is 0.376 e. The lowest BCUT2D eigenvalue weighted by atomic mass is 9.80. The molecule has 2 aliphatic heterocycles. The number of hydrogen-bond donors (Lipinski definition) is 0. The molecule has 1 aromatic rings. The zero-order valence-electron chi connectivity index (χ0n) is 14.7. The van der Waals surface area contributed by atoms with E-state index >= 15 is 0 Å². The van der Waals surface area contributed by atoms with Gasteiger partial charge in [0.1, 0.15) is 5.60 Å². The van der Waals surface area contributed by atoms with Crippen molar-refractivity contribution < 1.29 is 14.3 Å². The predicted octanol–water partition coefficient (Wildman–Crippen LogP) is 2.72. The van der Waals surface area contributed by atoms with Gasteiger partial charge in [0, 0.05) is 30.5 Å². The molecule has 1 amide bonds. The molecule has 1 spiro atoms. The molecular weight excluding hydrogens is 316 g/mol. The maximum absolute atomic E-state index is 12.6. The number of pyridine rings is 1. The van der Waals surface area contributed by atoms with Crippen molar-refractivity contribution in [3.63, 3.8) is 0 Å². The first-order valence-electron chi connectivity index (χ1n) is 9.36. The molecule has 0 radical (unpaired) electrons. The van der Waals surface area contributed by atoms with Crippen molar-refractivity contribution in [1.29, 1.82) is 0 Å². The zero-order valence-corrected chi connectivity index (χ0v) is 14.7. The Morgan fingerprint density at radius 1 is 1.32 bits per heavy atom. The van der Waals surface area contributed by atoms with E-state index in [1.165, 1.54) is 6.42 Å². The maximum Gasteiger partial charge on any atom is 0.249 e. The highest BCUT2D eigenvalue weighted by Crippen LogP contribution is 2.41. The van der Waals surface area contributed by atoms with E-state index in [2.05, 4.69) is 11.1 Å². The number of ether oxygens (including phenoxy) is 2. The van der Waals surface area contributed by atoms with Gasteiger partial charge >= 0.3 is 0 Å². The van der Waals surface area contributed by atoms with Gasteiger partial charge in [0.15, 0.2) is 0 Å². The van der Waals surface area contributed by atoms with Crippen LogP contribution in [0.4, 0.5) is 0 Å². The third-order valence-corrected chi connectivity index (χ3v) is 5.71. The lowest BCUT2D eigenvalue weighted by Gasteiger charge is -2.50. The Balaban J connectivity index is 1.29. The quantitative estimate of drug-likeness (QED) is 0.826. The SMILES string of the molecule is O=C(C1=CCCCC1)N1CC2(C1)OCCC2COCc1ccncc1. The molecule has 5 heteroatoms. The van der Waals surface area contributed by atoms with E-state index < -0.39 is 0 Å². The van der Waals surface area contributed by atoms with Crippen LogP contribution in [0.2, 0.25) is 0 Å². The summed E-state index contributed by atoms with van der Waals surface area (Å²) in [6.45, 7) is 3.49. The number of nitrogens with zero attached hydrogens (tertiary/aromatic N) is 2. The molecule has 4 rings (SSSR count). The molecular formula is C20H26N2O3. The molecule has 134 valence electrons. The fraction of sp³-hybridized carbons (Fsp3) is 0.600. The number of rotatable bonds is 5. The molecule has 1 unspecified atom stereocenters. The number of carbonyl (C=O) groups is 1. The van der Waals surface area contributed by atoms with E-state index in [0.29, 0.717) is 32.2 Å². The lowest BCUT2D eigenvalue weighted by molar-refractivity contribution is -0.165. The summed E-state index contributed by atoms with van der Waals surface area (Å²) in [6.07, 6.45) is 11.0. The summed E-state index contributed by atoms with van der Waals surface area (Å²) in [5, 5.41) is 0. The Labute approximate surface area is 149 Å². The van der Waals surface area contributed by atoms with Gasteiger partial charge in [0.05, 0.1) is 26.3 Å². The van der Waals surface area contributed by atoms with E-state index in [-0.39, 0.29) is 11.5 Å². The van der Waals surface area contributed by atoms with Crippen LogP contribution in [0.25, 0.3) is 0 Å². The van der Waals surface area contributed by atoms with Crippen LogP contribution in [-0.4, -0.2) is 47.7 Å². The summed E-state index contributed by atoms with van der Waals surface area (Å²) in [4.78, 5) is 18.6. The molecule has 1 atom stereocenters. The average Bonchev–Trinajstić information content (AvgIpc) is 3.05. The highest BCUT2D eigenvalue weighted by Gasteiger charge is 2.54. The number of likely N-dealkylation sites (tertiary alicyclic amines) is 1. The molecule has 1 aliphatic carbocycles. The Morgan fingerprint density at radius 3 is 2.92 bits per heavy atom. The van der Waals surface area contributed by atoms with Gasteiger partial charge in [-0.1, -0.05) is 6.08 Å². The lowest BCUT2D eigenvalue weighted by Crippen LogP contribution is -2.66. The number of aromatic nitrogens is 1. The molecule has 0 saturated carbocycles. The number of hydrogen-bond acceptors (Lipinski definition) is 4. The fourth-order valence-electron chi connectivity index (χ4n) is 4.15. The summed E-state index contributed by atoms with van der Waals surface area (Å²) < 4.78 is 12.0. The topological polar surface area (TPSA) is 51.7 Å². The van der Waals surface area contributed by atoms with Crippen LogP contribution in [0.5, 0.6) is 0 Å². The fourth-order valence-corrected chi connectivity index (χ4v) is 4.15. The zero-order chi connectivity index (χ0) is 17.1. The molecule has 1 aromatic heterocycles. The number of amides is 1. The average molecular weight is 342 g/mol. The third kappa shape index (κ3) is 3.48. The Morgan fingerprint density at radius 2 is 2.16 bits per heavy atom. The molecule has 2 saturated heterocycles. The van der Waals surface area contributed by atoms with Crippen LogP contribution < -0.4 is 0 Å². The minimum absolute atomic E-state index is 0.177. The summed E-state index contributed by atoms with van der Waals surface area (Å²) in [5.41, 5.74) is 1.96. The first-order valence-corrected chi connectivity index (χ1v) is 9.36. The minimum atomic E-state index is -0.177. The van der Waals surface area contributed by atoms with Crippen molar-refractivity contribution in [3.05, 3.63) is 41.7 Å². The molecule has 0 N–H and O–H groups in total. The van der Waals surface area contributed by atoms with E-state index in [0.717, 1.165) is 43.4 Å². The van der Waals surface area contributed by atoms with Crippen molar-refractivity contribution in [3.8, 4) is 0 Å². The number of carbonyl (C=O) groups excluding carboxylic acids is 1. The van der Waals surface area contributed by atoms with Crippen LogP contribution in [0.1, 0.15) is 37.7 Å². The van der Waals surface area contributed by atoms with Gasteiger partial charge in [-0.25, -0.2) is 0 Å². The Hall–Kier alpha value is -1.72. The molecule has 3 aliphatic rings. The number of allylic oxidation sites excluding steroid dienone is 1. The molecule has 3 heterocycles. The van der Waals surface area contributed by atoms with Crippen LogP contribution in [-0.2, 0) is 20.9 Å². The predicted molar refractivity (Wildman–Crippen MR) is 93.8 cm³/mol. The van der Waals surface area contributed by atoms with E-state index in [1.54, 1.807) is 12.4 Å². The van der Waals surface area contributed by atoms with E-state index in [1.807, 2.05) is 17.0 Å². The van der Waals surface area contributed by atoms with Gasteiger partial charge < -0.3 is 14.4 Å². The van der Waals surface area contributed by atoms with Crippen LogP contribution in [0.15, 0.2) is 36.2 Å². The summed E-state index contributed by atoms with van der Waals surface area (Å²) in [7, 11) is 0. The normalized spacial score (nSPS) is 24.9. The van der Waals surface area contributed by atoms with Crippen LogP contribution in [0.3, 0.4) is 0 Å². The van der Waals surface area contributed by atoms with Gasteiger partial charge in [0.25, 0.3) is 0 Å². The molecule has 5 nitrogen and oxygen atoms in total. The first-order chi connectivity index (χ1) is 12.3.